The van der Waals surface area contributed by atoms with Gasteiger partial charge in [0.15, 0.2) is 0 Å². The summed E-state index contributed by atoms with van der Waals surface area (Å²) in [4.78, 5) is 16.1. The van der Waals surface area contributed by atoms with Gasteiger partial charge in [-0.25, -0.2) is 0 Å². The number of hydrogen-bond acceptors (Lipinski definition) is 4. The first-order valence-corrected chi connectivity index (χ1v) is 7.28. The number of carbonyl (C=O) groups is 1. The largest absolute Gasteiger partial charge is 0.386 e. The average Bonchev–Trinajstić information content (AvgIpc) is 2.56. The molecule has 116 valence electrons. The first-order chi connectivity index (χ1) is 11.1. The predicted octanol–water partition coefficient (Wildman–Crippen LogP) is 3.18. The van der Waals surface area contributed by atoms with Crippen molar-refractivity contribution in [3.63, 3.8) is 0 Å². The Morgan fingerprint density at radius 3 is 2.78 bits per heavy atom. The van der Waals surface area contributed by atoms with Crippen LogP contribution in [0.4, 0.5) is 5.69 Å². The number of nitrogens with one attached hydrogen (secondary N) is 2. The number of nitrogens with zero attached hydrogens (tertiary/aromatic N) is 2. The van der Waals surface area contributed by atoms with E-state index >= 15 is 0 Å². The summed E-state index contributed by atoms with van der Waals surface area (Å²) < 4.78 is 0. The van der Waals surface area contributed by atoms with Gasteiger partial charge < -0.3 is 10.6 Å². The number of pyridine rings is 1. The van der Waals surface area contributed by atoms with E-state index in [1.807, 2.05) is 18.2 Å². The molecule has 6 heteroatoms. The van der Waals surface area contributed by atoms with Crippen molar-refractivity contribution in [1.82, 2.24) is 10.3 Å². The van der Waals surface area contributed by atoms with Gasteiger partial charge in [-0.1, -0.05) is 17.7 Å². The first kappa shape index (κ1) is 16.5. The van der Waals surface area contributed by atoms with Crippen molar-refractivity contribution in [1.29, 1.82) is 5.26 Å². The fraction of sp³-hybridized carbons (Fsp3) is 0.118. The molecule has 0 bridgehead atoms. The molecular formula is C17H15ClN4O. The number of carbonyl (C=O) groups excluding carboxylic acids is 1. The van der Waals surface area contributed by atoms with Crippen molar-refractivity contribution >= 4 is 23.2 Å². The summed E-state index contributed by atoms with van der Waals surface area (Å²) in [5.41, 5.74) is 2.32. The van der Waals surface area contributed by atoms with Crippen molar-refractivity contribution < 1.29 is 4.79 Å². The third-order valence-electron chi connectivity index (χ3n) is 3.18. The molecule has 0 aliphatic heterocycles. The number of aromatic nitrogens is 1. The monoisotopic (exact) mass is 326 g/mol. The lowest BCUT2D eigenvalue weighted by Gasteiger charge is -2.09. The van der Waals surface area contributed by atoms with Crippen LogP contribution in [-0.2, 0) is 11.3 Å². The van der Waals surface area contributed by atoms with Gasteiger partial charge in [-0.3, -0.25) is 9.78 Å². The smallest absolute Gasteiger partial charge is 0.267 e. The predicted molar refractivity (Wildman–Crippen MR) is 89.6 cm³/mol. The Labute approximate surface area is 139 Å². The maximum atomic E-state index is 12.2. The number of halogens is 1. The Morgan fingerprint density at radius 1 is 1.35 bits per heavy atom. The molecule has 1 heterocycles. The number of anilines is 1. The van der Waals surface area contributed by atoms with Crippen LogP contribution < -0.4 is 10.6 Å². The Bertz CT molecular complexity index is 766. The van der Waals surface area contributed by atoms with E-state index in [9.17, 15) is 4.79 Å². The van der Waals surface area contributed by atoms with Crippen molar-refractivity contribution in [3.8, 4) is 6.07 Å². The molecule has 0 fully saturated rings. The zero-order valence-electron chi connectivity index (χ0n) is 12.5. The highest BCUT2D eigenvalue weighted by atomic mass is 35.5. The highest BCUT2D eigenvalue weighted by Crippen LogP contribution is 2.23. The van der Waals surface area contributed by atoms with Gasteiger partial charge in [0.05, 0.1) is 0 Å². The topological polar surface area (TPSA) is 77.8 Å². The zero-order chi connectivity index (χ0) is 16.7. The minimum atomic E-state index is -0.486. The Morgan fingerprint density at radius 2 is 2.09 bits per heavy atom. The second-order valence-corrected chi connectivity index (χ2v) is 5.18. The highest BCUT2D eigenvalue weighted by molar-refractivity contribution is 6.31. The molecule has 0 radical (unpaired) electrons. The maximum Gasteiger partial charge on any atom is 0.267 e. The number of rotatable bonds is 5. The molecule has 2 rings (SSSR count). The van der Waals surface area contributed by atoms with Gasteiger partial charge in [-0.2, -0.15) is 5.26 Å². The lowest BCUT2D eigenvalue weighted by molar-refractivity contribution is -0.112. The van der Waals surface area contributed by atoms with E-state index < -0.39 is 5.91 Å². The third kappa shape index (κ3) is 4.56. The lowest BCUT2D eigenvalue weighted by Crippen LogP contribution is -2.17. The van der Waals surface area contributed by atoms with Gasteiger partial charge in [0, 0.05) is 35.8 Å². The van der Waals surface area contributed by atoms with Crippen LogP contribution in [0.5, 0.6) is 0 Å². The van der Waals surface area contributed by atoms with Crippen LogP contribution in [-0.4, -0.2) is 10.9 Å². The minimum absolute atomic E-state index is 0.0153. The summed E-state index contributed by atoms with van der Waals surface area (Å²) in [6, 6.07) is 10.8. The van der Waals surface area contributed by atoms with E-state index in [1.165, 1.54) is 6.20 Å². The maximum absolute atomic E-state index is 12.2. The van der Waals surface area contributed by atoms with Crippen LogP contribution >= 0.6 is 11.6 Å². The standard InChI is InChI=1S/C17H15ClN4O/c1-12-15(18)3-2-4-16(12)22-17(23)14(9-19)11-21-10-13-5-7-20-8-6-13/h2-8,11,21H,10H2,1H3,(H,22,23)/b14-11-. The van der Waals surface area contributed by atoms with E-state index in [-0.39, 0.29) is 5.57 Å². The highest BCUT2D eigenvalue weighted by Gasteiger charge is 2.11. The Hall–Kier alpha value is -2.84. The minimum Gasteiger partial charge on any atom is -0.386 e. The summed E-state index contributed by atoms with van der Waals surface area (Å²) in [6.07, 6.45) is 4.76. The average molecular weight is 327 g/mol. The van der Waals surface area contributed by atoms with Crippen molar-refractivity contribution in [2.24, 2.45) is 0 Å². The van der Waals surface area contributed by atoms with Crippen molar-refractivity contribution in [2.45, 2.75) is 13.5 Å². The molecule has 1 aromatic heterocycles. The Kier molecular flexibility index (Phi) is 5.73. The SMILES string of the molecule is Cc1c(Cl)cccc1NC(=O)/C(C#N)=C\NCc1ccncc1. The molecule has 0 atom stereocenters. The molecule has 0 spiro atoms. The molecule has 1 aromatic carbocycles. The van der Waals surface area contributed by atoms with Crippen LogP contribution in [0.3, 0.4) is 0 Å². The quantitative estimate of drug-likeness (QED) is 0.653. The van der Waals surface area contributed by atoms with E-state index in [4.69, 9.17) is 16.9 Å². The number of benzene rings is 1. The van der Waals surface area contributed by atoms with Gasteiger partial charge in [0.25, 0.3) is 5.91 Å². The van der Waals surface area contributed by atoms with Gasteiger partial charge in [0.1, 0.15) is 11.6 Å². The second kappa shape index (κ2) is 7.97. The van der Waals surface area contributed by atoms with E-state index in [0.29, 0.717) is 17.3 Å². The second-order valence-electron chi connectivity index (χ2n) is 4.77. The van der Waals surface area contributed by atoms with Crippen molar-refractivity contribution in [3.05, 3.63) is 70.6 Å². The molecule has 23 heavy (non-hydrogen) atoms. The normalized spacial score (nSPS) is 10.7. The van der Waals surface area contributed by atoms with Crippen LogP contribution in [0.1, 0.15) is 11.1 Å². The fourth-order valence-electron chi connectivity index (χ4n) is 1.85. The van der Waals surface area contributed by atoms with Crippen LogP contribution in [0.2, 0.25) is 5.02 Å². The molecule has 0 aliphatic rings. The molecule has 2 aromatic rings. The molecule has 0 saturated carbocycles. The Balaban J connectivity index is 2.02. The molecule has 1 amide bonds. The van der Waals surface area contributed by atoms with Crippen LogP contribution in [0.25, 0.3) is 0 Å². The van der Waals surface area contributed by atoms with Gasteiger partial charge >= 0.3 is 0 Å². The van der Waals surface area contributed by atoms with Gasteiger partial charge in [0.2, 0.25) is 0 Å². The number of hydrogen-bond donors (Lipinski definition) is 2. The van der Waals surface area contributed by atoms with Crippen molar-refractivity contribution in [2.75, 3.05) is 5.32 Å². The summed E-state index contributed by atoms with van der Waals surface area (Å²) >= 11 is 6.01. The van der Waals surface area contributed by atoms with E-state index in [0.717, 1.165) is 11.1 Å². The van der Waals surface area contributed by atoms with Gasteiger partial charge in [-0.05, 0) is 42.3 Å². The third-order valence-corrected chi connectivity index (χ3v) is 3.59. The van der Waals surface area contributed by atoms with Gasteiger partial charge in [-0.15, -0.1) is 0 Å². The van der Waals surface area contributed by atoms with Crippen LogP contribution in [0, 0.1) is 18.3 Å². The molecule has 0 saturated heterocycles. The molecular weight excluding hydrogens is 312 g/mol. The number of nitriles is 1. The van der Waals surface area contributed by atoms with E-state index in [1.54, 1.807) is 37.5 Å². The molecule has 0 aliphatic carbocycles. The van der Waals surface area contributed by atoms with Crippen LogP contribution in [0.15, 0.2) is 54.5 Å². The zero-order valence-corrected chi connectivity index (χ0v) is 13.3. The fourth-order valence-corrected chi connectivity index (χ4v) is 2.03. The number of amides is 1. The summed E-state index contributed by atoms with van der Waals surface area (Å²) in [7, 11) is 0. The lowest BCUT2D eigenvalue weighted by atomic mass is 10.2. The first-order valence-electron chi connectivity index (χ1n) is 6.91. The molecule has 2 N–H and O–H groups in total. The summed E-state index contributed by atoms with van der Waals surface area (Å²) in [5, 5.41) is 15.3. The summed E-state index contributed by atoms with van der Waals surface area (Å²) in [5.74, 6) is -0.486. The summed E-state index contributed by atoms with van der Waals surface area (Å²) in [6.45, 7) is 2.30. The molecule has 0 unspecified atom stereocenters. The van der Waals surface area contributed by atoms with E-state index in [2.05, 4.69) is 15.6 Å². The molecule has 5 nitrogen and oxygen atoms in total.